The molecule has 182 valence electrons. The Bertz CT molecular complexity index is 1380. The minimum atomic E-state index is -4.16. The van der Waals surface area contributed by atoms with E-state index in [9.17, 15) is 25.3 Å². The summed E-state index contributed by atoms with van der Waals surface area (Å²) in [5.41, 5.74) is 0.924. The Morgan fingerprint density at radius 2 is 1.52 bits per heavy atom. The van der Waals surface area contributed by atoms with Crippen LogP contribution in [0.25, 0.3) is 0 Å². The van der Waals surface area contributed by atoms with Crippen LogP contribution in [-0.4, -0.2) is 60.2 Å². The molecule has 1 aliphatic rings. The van der Waals surface area contributed by atoms with E-state index in [0.29, 0.717) is 11.1 Å². The second kappa shape index (κ2) is 9.80. The molecule has 1 saturated heterocycles. The Labute approximate surface area is 204 Å². The topological polar surface area (TPSA) is 118 Å². The van der Waals surface area contributed by atoms with Crippen LogP contribution in [0.2, 0.25) is 10.0 Å². The molecule has 2 aromatic rings. The second-order valence-corrected chi connectivity index (χ2v) is 14.6. The summed E-state index contributed by atoms with van der Waals surface area (Å²) in [7, 11) is -11.5. The van der Waals surface area contributed by atoms with Gasteiger partial charge in [-0.25, -0.2) is 30.0 Å². The van der Waals surface area contributed by atoms with Crippen LogP contribution in [0.15, 0.2) is 46.2 Å². The Kier molecular flexibility index (Phi) is 7.84. The summed E-state index contributed by atoms with van der Waals surface area (Å²) in [6.45, 7) is 2.71. The van der Waals surface area contributed by atoms with E-state index in [4.69, 9.17) is 23.2 Å². The van der Waals surface area contributed by atoms with Gasteiger partial charge in [0.2, 0.25) is 20.0 Å². The minimum absolute atomic E-state index is 0.0152. The molecule has 0 radical (unpaired) electrons. The first-order valence-corrected chi connectivity index (χ1v) is 15.5. The molecular formula is C20H24Cl2N2O6S3. The van der Waals surface area contributed by atoms with Crippen molar-refractivity contribution in [3.63, 3.8) is 0 Å². The highest BCUT2D eigenvalue weighted by atomic mass is 35.5. The number of halogens is 2. The van der Waals surface area contributed by atoms with Crippen LogP contribution in [0.1, 0.15) is 17.5 Å². The molecule has 33 heavy (non-hydrogen) atoms. The van der Waals surface area contributed by atoms with Gasteiger partial charge in [-0.15, -0.1) is 0 Å². The number of sulfonamides is 2. The molecule has 8 nitrogen and oxygen atoms in total. The fraction of sp³-hybridized carbons (Fsp3) is 0.400. The van der Waals surface area contributed by atoms with Gasteiger partial charge in [0.25, 0.3) is 0 Å². The standard InChI is InChI=1S/C20H24Cl2N2O6S3/c1-14-3-5-16(21)11-19(14)32(27,28)23-8-9-24(18-7-10-31(25,26)13-18)33(29,30)20-12-17(22)6-4-15(20)2/h3-6,11-12,18,23H,7-10,13H2,1-2H3/t18-/m1/s1. The first kappa shape index (κ1) is 26.4. The van der Waals surface area contributed by atoms with Gasteiger partial charge in [0.15, 0.2) is 9.84 Å². The maximum absolute atomic E-state index is 13.5. The lowest BCUT2D eigenvalue weighted by Gasteiger charge is -2.28. The molecular weight excluding hydrogens is 531 g/mol. The summed E-state index contributed by atoms with van der Waals surface area (Å²) in [5, 5.41) is 0.466. The van der Waals surface area contributed by atoms with Crippen LogP contribution in [0.5, 0.6) is 0 Å². The first-order chi connectivity index (χ1) is 15.2. The molecule has 0 saturated carbocycles. The fourth-order valence-corrected chi connectivity index (χ4v) is 9.21. The molecule has 0 unspecified atom stereocenters. The van der Waals surface area contributed by atoms with Gasteiger partial charge in [0.1, 0.15) is 0 Å². The highest BCUT2D eigenvalue weighted by molar-refractivity contribution is 7.92. The summed E-state index contributed by atoms with van der Waals surface area (Å²) in [6.07, 6.45) is 0.126. The number of sulfone groups is 1. The van der Waals surface area contributed by atoms with Gasteiger partial charge in [-0.1, -0.05) is 35.3 Å². The van der Waals surface area contributed by atoms with Crippen molar-refractivity contribution in [2.24, 2.45) is 0 Å². The lowest BCUT2D eigenvalue weighted by Crippen LogP contribution is -2.45. The van der Waals surface area contributed by atoms with E-state index >= 15 is 0 Å². The van der Waals surface area contributed by atoms with Gasteiger partial charge in [-0.3, -0.25) is 0 Å². The smallest absolute Gasteiger partial charge is 0.229 e. The largest absolute Gasteiger partial charge is 0.243 e. The van der Waals surface area contributed by atoms with Gasteiger partial charge >= 0.3 is 0 Å². The van der Waals surface area contributed by atoms with Gasteiger partial charge in [-0.05, 0) is 55.7 Å². The number of hydrogen-bond donors (Lipinski definition) is 1. The molecule has 0 amide bonds. The summed E-state index contributed by atoms with van der Waals surface area (Å²) >= 11 is 11.9. The Hall–Kier alpha value is -1.21. The molecule has 0 bridgehead atoms. The van der Waals surface area contributed by atoms with Gasteiger partial charge < -0.3 is 0 Å². The zero-order chi connectivity index (χ0) is 24.6. The van der Waals surface area contributed by atoms with Crippen molar-refractivity contribution in [2.45, 2.75) is 36.1 Å². The van der Waals surface area contributed by atoms with Crippen molar-refractivity contribution in [2.75, 3.05) is 24.6 Å². The molecule has 0 aliphatic carbocycles. The molecule has 0 spiro atoms. The maximum atomic E-state index is 13.5. The Balaban J connectivity index is 1.90. The van der Waals surface area contributed by atoms with Crippen molar-refractivity contribution < 1.29 is 25.3 Å². The summed E-state index contributed by atoms with van der Waals surface area (Å²) in [5.74, 6) is -0.461. The number of aryl methyl sites for hydroxylation is 2. The molecule has 13 heteroatoms. The van der Waals surface area contributed by atoms with E-state index in [1.54, 1.807) is 38.1 Å². The van der Waals surface area contributed by atoms with Gasteiger partial charge in [0.05, 0.1) is 21.3 Å². The molecule has 2 aromatic carbocycles. The Morgan fingerprint density at radius 3 is 2.06 bits per heavy atom. The highest BCUT2D eigenvalue weighted by Crippen LogP contribution is 2.28. The number of hydrogen-bond acceptors (Lipinski definition) is 6. The van der Waals surface area contributed by atoms with E-state index in [2.05, 4.69) is 4.72 Å². The number of rotatable bonds is 8. The van der Waals surface area contributed by atoms with Crippen LogP contribution in [0, 0.1) is 13.8 Å². The quantitative estimate of drug-likeness (QED) is 0.536. The average molecular weight is 556 g/mol. The van der Waals surface area contributed by atoms with Crippen molar-refractivity contribution in [3.8, 4) is 0 Å². The zero-order valence-electron chi connectivity index (χ0n) is 18.0. The molecule has 1 atom stereocenters. The van der Waals surface area contributed by atoms with Crippen molar-refractivity contribution in [1.29, 1.82) is 0 Å². The lowest BCUT2D eigenvalue weighted by molar-refractivity contribution is 0.343. The fourth-order valence-electron chi connectivity index (χ4n) is 3.71. The number of nitrogens with one attached hydrogen (secondary N) is 1. The van der Waals surface area contributed by atoms with Crippen LogP contribution >= 0.6 is 23.2 Å². The zero-order valence-corrected chi connectivity index (χ0v) is 21.9. The normalized spacial score (nSPS) is 18.6. The minimum Gasteiger partial charge on any atom is -0.229 e. The first-order valence-electron chi connectivity index (χ1n) is 9.97. The van der Waals surface area contributed by atoms with Crippen LogP contribution < -0.4 is 4.72 Å². The van der Waals surface area contributed by atoms with Crippen LogP contribution in [0.4, 0.5) is 0 Å². The summed E-state index contributed by atoms with van der Waals surface area (Å²) in [4.78, 5) is -0.0635. The predicted octanol–water partition coefficient (Wildman–Crippen LogP) is 2.77. The van der Waals surface area contributed by atoms with Crippen molar-refractivity contribution >= 4 is 53.1 Å². The number of benzene rings is 2. The third kappa shape index (κ3) is 6.08. The van der Waals surface area contributed by atoms with Crippen LogP contribution in [-0.2, 0) is 29.9 Å². The molecule has 1 N–H and O–H groups in total. The third-order valence-electron chi connectivity index (χ3n) is 5.42. The molecule has 3 rings (SSSR count). The lowest BCUT2D eigenvalue weighted by atomic mass is 10.2. The van der Waals surface area contributed by atoms with Crippen molar-refractivity contribution in [1.82, 2.24) is 9.03 Å². The van der Waals surface area contributed by atoms with E-state index in [1.165, 1.54) is 12.1 Å². The maximum Gasteiger partial charge on any atom is 0.243 e. The van der Waals surface area contributed by atoms with Crippen LogP contribution in [0.3, 0.4) is 0 Å². The van der Waals surface area contributed by atoms with E-state index in [-0.39, 0.29) is 50.9 Å². The summed E-state index contributed by atoms with van der Waals surface area (Å²) in [6, 6.07) is 8.06. The monoisotopic (exact) mass is 554 g/mol. The van der Waals surface area contributed by atoms with E-state index < -0.39 is 35.9 Å². The number of nitrogens with zero attached hydrogens (tertiary/aromatic N) is 1. The molecule has 1 heterocycles. The Morgan fingerprint density at radius 1 is 0.970 bits per heavy atom. The van der Waals surface area contributed by atoms with E-state index in [0.717, 1.165) is 4.31 Å². The van der Waals surface area contributed by atoms with E-state index in [1.807, 2.05) is 0 Å². The molecule has 0 aromatic heterocycles. The SMILES string of the molecule is Cc1ccc(Cl)cc1S(=O)(=O)NCCN([C@@H]1CCS(=O)(=O)C1)S(=O)(=O)c1cc(Cl)ccc1C. The highest BCUT2D eigenvalue weighted by Gasteiger charge is 2.39. The molecule has 1 aliphatic heterocycles. The van der Waals surface area contributed by atoms with Crippen molar-refractivity contribution in [3.05, 3.63) is 57.6 Å². The second-order valence-electron chi connectivity index (χ2n) is 7.89. The summed E-state index contributed by atoms with van der Waals surface area (Å²) < 4.78 is 80.1. The van der Waals surface area contributed by atoms with Gasteiger partial charge in [-0.2, -0.15) is 4.31 Å². The molecule has 1 fully saturated rings. The van der Waals surface area contributed by atoms with Gasteiger partial charge in [0, 0.05) is 29.2 Å². The predicted molar refractivity (Wildman–Crippen MR) is 129 cm³/mol. The average Bonchev–Trinajstić information content (AvgIpc) is 3.07. The third-order valence-corrected chi connectivity index (χ3v) is 11.3.